The summed E-state index contributed by atoms with van der Waals surface area (Å²) in [7, 11) is 0. The molecule has 1 aliphatic carbocycles. The van der Waals surface area contributed by atoms with Crippen molar-refractivity contribution in [2.75, 3.05) is 18.1 Å². The van der Waals surface area contributed by atoms with Crippen LogP contribution in [0.25, 0.3) is 0 Å². The molecule has 0 radical (unpaired) electrons. The molecule has 1 aromatic rings. The molecule has 4 heteroatoms. The number of rotatable bonds is 3. The second-order valence-electron chi connectivity index (χ2n) is 5.76. The van der Waals surface area contributed by atoms with Crippen molar-refractivity contribution in [2.45, 2.75) is 37.0 Å². The van der Waals surface area contributed by atoms with E-state index in [9.17, 15) is 4.79 Å². The van der Waals surface area contributed by atoms with Crippen molar-refractivity contribution < 1.29 is 4.79 Å². The molecule has 3 unspecified atom stereocenters. The Labute approximate surface area is 124 Å². The van der Waals surface area contributed by atoms with E-state index in [1.165, 1.54) is 24.1 Å². The Morgan fingerprint density at radius 2 is 2.20 bits per heavy atom. The van der Waals surface area contributed by atoms with Crippen LogP contribution in [0.3, 0.4) is 0 Å². The van der Waals surface area contributed by atoms with Gasteiger partial charge < -0.3 is 10.6 Å². The second-order valence-corrected chi connectivity index (χ2v) is 6.84. The molecule has 3 nitrogen and oxygen atoms in total. The number of thioether (sulfide) groups is 1. The molecule has 3 rings (SSSR count). The zero-order valence-corrected chi connectivity index (χ0v) is 12.7. The summed E-state index contributed by atoms with van der Waals surface area (Å²) in [5.41, 5.74) is 2.44. The maximum atomic E-state index is 12.5. The molecule has 1 saturated carbocycles. The van der Waals surface area contributed by atoms with E-state index in [1.807, 2.05) is 23.9 Å². The molecule has 0 spiro atoms. The van der Waals surface area contributed by atoms with Gasteiger partial charge in [0.15, 0.2) is 0 Å². The summed E-state index contributed by atoms with van der Waals surface area (Å²) >= 11 is 1.89. The summed E-state index contributed by atoms with van der Waals surface area (Å²) in [4.78, 5) is 12.5. The number of amides is 1. The lowest BCUT2D eigenvalue weighted by molar-refractivity contribution is -0.125. The predicted molar refractivity (Wildman–Crippen MR) is 85.2 cm³/mol. The highest BCUT2D eigenvalue weighted by atomic mass is 32.2. The Balaban J connectivity index is 1.61. The lowest BCUT2D eigenvalue weighted by atomic mass is 9.93. The minimum atomic E-state index is 0.0630. The van der Waals surface area contributed by atoms with Crippen molar-refractivity contribution in [3.05, 3.63) is 29.8 Å². The standard InChI is InChI=1S/C16H22N2OS/c1-20-15-8-4-7-14(15)18-16(19)12-9-11-5-2-3-6-13(11)17-10-12/h2-3,5-6,12,14-15,17H,4,7-10H2,1H3,(H,18,19). The second kappa shape index (κ2) is 6.08. The van der Waals surface area contributed by atoms with Crippen LogP contribution in [-0.2, 0) is 11.2 Å². The lowest BCUT2D eigenvalue weighted by Crippen LogP contribution is -2.45. The van der Waals surface area contributed by atoms with Crippen molar-refractivity contribution in [1.82, 2.24) is 5.32 Å². The summed E-state index contributed by atoms with van der Waals surface area (Å²) in [5.74, 6) is 0.283. The molecular weight excluding hydrogens is 268 g/mol. The summed E-state index contributed by atoms with van der Waals surface area (Å²) < 4.78 is 0. The quantitative estimate of drug-likeness (QED) is 0.899. The summed E-state index contributed by atoms with van der Waals surface area (Å²) in [5, 5.41) is 7.26. The smallest absolute Gasteiger partial charge is 0.225 e. The van der Waals surface area contributed by atoms with Crippen molar-refractivity contribution >= 4 is 23.4 Å². The normalized spacial score (nSPS) is 28.6. The van der Waals surface area contributed by atoms with Gasteiger partial charge in [0, 0.05) is 23.5 Å². The molecule has 0 aromatic heterocycles. The zero-order chi connectivity index (χ0) is 13.9. The fourth-order valence-electron chi connectivity index (χ4n) is 3.30. The summed E-state index contributed by atoms with van der Waals surface area (Å²) in [6, 6.07) is 8.65. The maximum absolute atomic E-state index is 12.5. The topological polar surface area (TPSA) is 41.1 Å². The summed E-state index contributed by atoms with van der Waals surface area (Å²) in [6.07, 6.45) is 6.60. The number of benzene rings is 1. The number of nitrogens with one attached hydrogen (secondary N) is 2. The van der Waals surface area contributed by atoms with E-state index in [0.717, 1.165) is 19.4 Å². The van der Waals surface area contributed by atoms with Crippen LogP contribution in [0.5, 0.6) is 0 Å². The zero-order valence-electron chi connectivity index (χ0n) is 11.9. The maximum Gasteiger partial charge on any atom is 0.225 e. The van der Waals surface area contributed by atoms with Gasteiger partial charge in [-0.1, -0.05) is 24.6 Å². The van der Waals surface area contributed by atoms with E-state index < -0.39 is 0 Å². The largest absolute Gasteiger partial charge is 0.384 e. The van der Waals surface area contributed by atoms with Gasteiger partial charge in [-0.3, -0.25) is 4.79 Å². The molecular formula is C16H22N2OS. The number of anilines is 1. The first-order valence-corrected chi connectivity index (χ1v) is 8.71. The van der Waals surface area contributed by atoms with Crippen LogP contribution < -0.4 is 10.6 Å². The minimum Gasteiger partial charge on any atom is -0.384 e. The highest BCUT2D eigenvalue weighted by Crippen LogP contribution is 2.29. The van der Waals surface area contributed by atoms with Gasteiger partial charge in [0.1, 0.15) is 0 Å². The molecule has 3 atom stereocenters. The van der Waals surface area contributed by atoms with Gasteiger partial charge in [0.2, 0.25) is 5.91 Å². The molecule has 0 saturated heterocycles. The average Bonchev–Trinajstić information content (AvgIpc) is 2.94. The van der Waals surface area contributed by atoms with Gasteiger partial charge in [0.05, 0.1) is 5.92 Å². The highest BCUT2D eigenvalue weighted by molar-refractivity contribution is 7.99. The highest BCUT2D eigenvalue weighted by Gasteiger charge is 2.31. The first kappa shape index (κ1) is 13.8. The van der Waals surface area contributed by atoms with Crippen molar-refractivity contribution in [2.24, 2.45) is 5.92 Å². The van der Waals surface area contributed by atoms with E-state index in [1.54, 1.807) is 0 Å². The third kappa shape index (κ3) is 2.80. The van der Waals surface area contributed by atoms with Gasteiger partial charge in [-0.15, -0.1) is 0 Å². The van der Waals surface area contributed by atoms with Gasteiger partial charge in [-0.05, 0) is 37.1 Å². The van der Waals surface area contributed by atoms with Crippen LogP contribution in [0.15, 0.2) is 24.3 Å². The first-order valence-electron chi connectivity index (χ1n) is 7.43. The number of carbonyl (C=O) groups is 1. The molecule has 1 fully saturated rings. The van der Waals surface area contributed by atoms with Crippen LogP contribution in [-0.4, -0.2) is 30.0 Å². The molecule has 0 bridgehead atoms. The third-order valence-electron chi connectivity index (χ3n) is 4.48. The SMILES string of the molecule is CSC1CCCC1NC(=O)C1CNc2ccccc2C1. The summed E-state index contributed by atoms with van der Waals surface area (Å²) in [6.45, 7) is 0.750. The van der Waals surface area contributed by atoms with Gasteiger partial charge >= 0.3 is 0 Å². The molecule has 2 aliphatic rings. The average molecular weight is 290 g/mol. The molecule has 1 aromatic carbocycles. The Morgan fingerprint density at radius 3 is 3.05 bits per heavy atom. The van der Waals surface area contributed by atoms with Crippen LogP contribution in [0, 0.1) is 5.92 Å². The molecule has 20 heavy (non-hydrogen) atoms. The van der Waals surface area contributed by atoms with E-state index in [2.05, 4.69) is 29.0 Å². The lowest BCUT2D eigenvalue weighted by Gasteiger charge is -2.27. The first-order chi connectivity index (χ1) is 9.78. The molecule has 2 N–H and O–H groups in total. The van der Waals surface area contributed by atoms with Crippen molar-refractivity contribution in [1.29, 1.82) is 0 Å². The number of hydrogen-bond donors (Lipinski definition) is 2. The Bertz CT molecular complexity index is 491. The monoisotopic (exact) mass is 290 g/mol. The van der Waals surface area contributed by atoms with Gasteiger partial charge in [-0.2, -0.15) is 11.8 Å². The van der Waals surface area contributed by atoms with E-state index in [0.29, 0.717) is 11.3 Å². The van der Waals surface area contributed by atoms with Crippen LogP contribution in [0.1, 0.15) is 24.8 Å². The molecule has 1 aliphatic heterocycles. The van der Waals surface area contributed by atoms with Crippen LogP contribution in [0.2, 0.25) is 0 Å². The van der Waals surface area contributed by atoms with E-state index in [4.69, 9.17) is 0 Å². The van der Waals surface area contributed by atoms with Crippen molar-refractivity contribution in [3.8, 4) is 0 Å². The molecule has 1 amide bonds. The van der Waals surface area contributed by atoms with Crippen molar-refractivity contribution in [3.63, 3.8) is 0 Å². The molecule has 108 valence electrons. The fourth-order valence-corrected chi connectivity index (χ4v) is 4.24. The van der Waals surface area contributed by atoms with E-state index >= 15 is 0 Å². The predicted octanol–water partition coefficient (Wildman–Crippen LogP) is 2.67. The minimum absolute atomic E-state index is 0.0630. The Hall–Kier alpha value is -1.16. The number of hydrogen-bond acceptors (Lipinski definition) is 3. The Kier molecular flexibility index (Phi) is 4.20. The Morgan fingerprint density at radius 1 is 1.35 bits per heavy atom. The van der Waals surface area contributed by atoms with Gasteiger partial charge in [-0.25, -0.2) is 0 Å². The number of fused-ring (bicyclic) bond motifs is 1. The van der Waals surface area contributed by atoms with E-state index in [-0.39, 0.29) is 11.8 Å². The van der Waals surface area contributed by atoms with Gasteiger partial charge in [0.25, 0.3) is 0 Å². The third-order valence-corrected chi connectivity index (χ3v) is 5.65. The van der Waals surface area contributed by atoms with Crippen LogP contribution in [0.4, 0.5) is 5.69 Å². The van der Waals surface area contributed by atoms with Crippen LogP contribution >= 0.6 is 11.8 Å². The number of para-hydroxylation sites is 1. The molecule has 1 heterocycles. The fraction of sp³-hybridized carbons (Fsp3) is 0.562. The number of carbonyl (C=O) groups excluding carboxylic acids is 1.